The Labute approximate surface area is 194 Å². The van der Waals surface area contributed by atoms with E-state index in [4.69, 9.17) is 5.73 Å². The molecule has 0 fully saturated rings. The van der Waals surface area contributed by atoms with E-state index in [1.165, 1.54) is 22.7 Å². The van der Waals surface area contributed by atoms with Crippen molar-refractivity contribution in [2.75, 3.05) is 10.6 Å². The van der Waals surface area contributed by atoms with Crippen molar-refractivity contribution in [1.82, 2.24) is 9.78 Å². The third-order valence-corrected chi connectivity index (χ3v) is 8.21. The molecule has 2 atom stereocenters. The molecule has 2 aliphatic rings. The molecule has 0 saturated carbocycles. The fourth-order valence-corrected chi connectivity index (χ4v) is 6.57. The number of nitrogens with two attached hydrogens (primary N) is 1. The number of carbonyl (C=O) groups excluding carboxylic acids is 2. The lowest BCUT2D eigenvalue weighted by atomic mass is 9.95. The van der Waals surface area contributed by atoms with E-state index in [0.717, 1.165) is 45.5 Å². The summed E-state index contributed by atoms with van der Waals surface area (Å²) in [5.74, 6) is -1.27. The number of hydrogen-bond acceptors (Lipinski definition) is 6. The van der Waals surface area contributed by atoms with Crippen LogP contribution in [0.2, 0.25) is 0 Å². The van der Waals surface area contributed by atoms with Crippen molar-refractivity contribution in [3.8, 4) is 0 Å². The number of primary amides is 1. The molecule has 4 heterocycles. The predicted molar refractivity (Wildman–Crippen MR) is 120 cm³/mol. The van der Waals surface area contributed by atoms with Crippen molar-refractivity contribution in [2.24, 2.45) is 5.73 Å². The van der Waals surface area contributed by atoms with Crippen LogP contribution in [0, 0.1) is 0 Å². The van der Waals surface area contributed by atoms with Crippen molar-refractivity contribution in [3.05, 3.63) is 50.2 Å². The summed E-state index contributed by atoms with van der Waals surface area (Å²) in [5.41, 5.74) is 6.72. The van der Waals surface area contributed by atoms with Crippen LogP contribution < -0.4 is 16.4 Å². The lowest BCUT2D eigenvalue weighted by molar-refractivity contribution is -0.173. The van der Waals surface area contributed by atoms with E-state index < -0.39 is 30.1 Å². The number of nitrogens with zero attached hydrogens (tertiary/aromatic N) is 2. The monoisotopic (exact) mass is 495 g/mol. The van der Waals surface area contributed by atoms with E-state index in [2.05, 4.69) is 15.7 Å². The summed E-state index contributed by atoms with van der Waals surface area (Å²) in [6.07, 6.45) is -0.201. The van der Waals surface area contributed by atoms with E-state index in [1.54, 1.807) is 17.5 Å². The number of hydrogen-bond donors (Lipinski definition) is 3. The highest BCUT2D eigenvalue weighted by Crippen LogP contribution is 2.45. The zero-order valence-corrected chi connectivity index (χ0v) is 18.9. The van der Waals surface area contributed by atoms with Crippen LogP contribution in [-0.2, 0) is 12.8 Å². The van der Waals surface area contributed by atoms with Gasteiger partial charge in [-0.1, -0.05) is 6.07 Å². The molecule has 33 heavy (non-hydrogen) atoms. The molecule has 2 amide bonds. The molecule has 3 aromatic rings. The molecule has 7 nitrogen and oxygen atoms in total. The molecule has 0 bridgehead atoms. The molecule has 1 aliphatic heterocycles. The topological polar surface area (TPSA) is 102 Å². The molecule has 174 valence electrons. The number of thiophene rings is 2. The molecule has 0 saturated heterocycles. The van der Waals surface area contributed by atoms with Gasteiger partial charge in [0.05, 0.1) is 17.8 Å². The highest BCUT2D eigenvalue weighted by Gasteiger charge is 2.47. The van der Waals surface area contributed by atoms with E-state index in [9.17, 15) is 22.8 Å². The van der Waals surface area contributed by atoms with Gasteiger partial charge in [0.25, 0.3) is 11.8 Å². The van der Waals surface area contributed by atoms with Gasteiger partial charge in [-0.2, -0.15) is 18.3 Å². The van der Waals surface area contributed by atoms with Gasteiger partial charge in [-0.15, -0.1) is 22.7 Å². The maximum Gasteiger partial charge on any atom is 0.410 e. The minimum atomic E-state index is -4.53. The first kappa shape index (κ1) is 22.0. The number of anilines is 2. The van der Waals surface area contributed by atoms with Crippen LogP contribution in [0.1, 0.15) is 67.4 Å². The Morgan fingerprint density at radius 3 is 2.76 bits per heavy atom. The van der Waals surface area contributed by atoms with Crippen LogP contribution in [0.4, 0.5) is 24.0 Å². The first-order chi connectivity index (χ1) is 15.7. The molecule has 4 N–H and O–H groups in total. The third-order valence-electron chi connectivity index (χ3n) is 6.01. The number of fused-ring (bicyclic) bond motifs is 2. The van der Waals surface area contributed by atoms with Crippen LogP contribution >= 0.6 is 22.7 Å². The average molecular weight is 496 g/mol. The number of aromatic nitrogens is 2. The molecule has 5 rings (SSSR count). The fourth-order valence-electron chi connectivity index (χ4n) is 4.49. The van der Waals surface area contributed by atoms with Gasteiger partial charge in [-0.05, 0) is 42.7 Å². The SMILES string of the molecule is NC(=O)c1c(NC(=O)c2cnn3c2N[C@H](c2cccs2)C[C@H]3C(F)(F)F)sc2c1CCCC2. The Morgan fingerprint density at radius 1 is 1.27 bits per heavy atom. The second kappa shape index (κ2) is 8.17. The van der Waals surface area contributed by atoms with Crippen LogP contribution in [0.25, 0.3) is 0 Å². The van der Waals surface area contributed by atoms with Crippen LogP contribution in [0.5, 0.6) is 0 Å². The van der Waals surface area contributed by atoms with Crippen LogP contribution in [-0.4, -0.2) is 27.8 Å². The molecule has 0 aromatic carbocycles. The van der Waals surface area contributed by atoms with Crippen LogP contribution in [0.15, 0.2) is 23.7 Å². The summed E-state index contributed by atoms with van der Waals surface area (Å²) < 4.78 is 42.3. The van der Waals surface area contributed by atoms with Gasteiger partial charge >= 0.3 is 6.18 Å². The summed E-state index contributed by atoms with van der Waals surface area (Å²) >= 11 is 2.64. The smallest absolute Gasteiger partial charge is 0.365 e. The first-order valence-electron chi connectivity index (χ1n) is 10.4. The summed E-state index contributed by atoms with van der Waals surface area (Å²) in [6, 6.07) is 1.06. The van der Waals surface area contributed by atoms with Gasteiger partial charge < -0.3 is 16.4 Å². The number of amides is 2. The molecule has 1 aliphatic carbocycles. The standard InChI is InChI=1S/C21H20F3N5O2S2/c22-21(23,24)15-8-12(14-6-3-7-32-14)27-18-11(9-26-29(15)18)19(31)28-20-16(17(25)30)10-4-1-2-5-13(10)33-20/h3,6-7,9,12,15,27H,1-2,4-5,8H2,(H2,25,30)(H,28,31)/t12-,15-/m0/s1. The number of carbonyl (C=O) groups is 2. The second-order valence-electron chi connectivity index (χ2n) is 8.09. The van der Waals surface area contributed by atoms with Gasteiger partial charge in [0.15, 0.2) is 6.04 Å². The highest BCUT2D eigenvalue weighted by molar-refractivity contribution is 7.17. The minimum absolute atomic E-state index is 0.00131. The zero-order chi connectivity index (χ0) is 23.3. The van der Waals surface area contributed by atoms with Crippen molar-refractivity contribution < 1.29 is 22.8 Å². The summed E-state index contributed by atoms with van der Waals surface area (Å²) in [5, 5.41) is 11.8. The Morgan fingerprint density at radius 2 is 2.06 bits per heavy atom. The van der Waals surface area contributed by atoms with E-state index in [1.807, 2.05) is 0 Å². The van der Waals surface area contributed by atoms with E-state index >= 15 is 0 Å². The Hall–Kier alpha value is -2.86. The quantitative estimate of drug-likeness (QED) is 0.479. The minimum Gasteiger partial charge on any atom is -0.365 e. The maximum atomic E-state index is 13.8. The molecule has 0 radical (unpaired) electrons. The normalized spacial score (nSPS) is 20.0. The second-order valence-corrected chi connectivity index (χ2v) is 10.2. The lowest BCUT2D eigenvalue weighted by Gasteiger charge is -2.33. The zero-order valence-electron chi connectivity index (χ0n) is 17.2. The third kappa shape index (κ3) is 3.90. The molecule has 12 heteroatoms. The number of aryl methyl sites for hydroxylation is 1. The van der Waals surface area contributed by atoms with Crippen molar-refractivity contribution >= 4 is 45.3 Å². The summed E-state index contributed by atoms with van der Waals surface area (Å²) in [6.45, 7) is 0. The number of nitrogens with one attached hydrogen (secondary N) is 2. The molecular weight excluding hydrogens is 475 g/mol. The maximum absolute atomic E-state index is 13.8. The van der Waals surface area contributed by atoms with Gasteiger partial charge in [0.1, 0.15) is 16.4 Å². The highest BCUT2D eigenvalue weighted by atomic mass is 32.1. The Bertz CT molecular complexity index is 1220. The van der Waals surface area contributed by atoms with Gasteiger partial charge in [-0.25, -0.2) is 4.68 Å². The van der Waals surface area contributed by atoms with E-state index in [-0.39, 0.29) is 17.8 Å². The Balaban J connectivity index is 1.50. The van der Waals surface area contributed by atoms with Gasteiger partial charge in [0, 0.05) is 16.2 Å². The van der Waals surface area contributed by atoms with Gasteiger partial charge in [-0.3, -0.25) is 9.59 Å². The van der Waals surface area contributed by atoms with Crippen LogP contribution in [0.3, 0.4) is 0 Å². The number of alkyl halides is 3. The van der Waals surface area contributed by atoms with Gasteiger partial charge in [0.2, 0.25) is 0 Å². The average Bonchev–Trinajstić information content (AvgIpc) is 3.49. The summed E-state index contributed by atoms with van der Waals surface area (Å²) in [7, 11) is 0. The van der Waals surface area contributed by atoms with Crippen molar-refractivity contribution in [1.29, 1.82) is 0 Å². The molecular formula is C21H20F3N5O2S2. The fraction of sp³-hybridized carbons (Fsp3) is 0.381. The van der Waals surface area contributed by atoms with Crippen molar-refractivity contribution in [2.45, 2.75) is 50.4 Å². The Kier molecular flexibility index (Phi) is 5.44. The summed E-state index contributed by atoms with van der Waals surface area (Å²) in [4.78, 5) is 27.0. The number of halogens is 3. The number of rotatable bonds is 4. The molecule has 0 spiro atoms. The lowest BCUT2D eigenvalue weighted by Crippen LogP contribution is -2.36. The first-order valence-corrected chi connectivity index (χ1v) is 12.1. The largest absolute Gasteiger partial charge is 0.410 e. The van der Waals surface area contributed by atoms with Crippen molar-refractivity contribution in [3.63, 3.8) is 0 Å². The molecule has 0 unspecified atom stereocenters. The molecule has 3 aromatic heterocycles. The van der Waals surface area contributed by atoms with E-state index in [0.29, 0.717) is 17.0 Å². The predicted octanol–water partition coefficient (Wildman–Crippen LogP) is 4.90.